The highest BCUT2D eigenvalue weighted by molar-refractivity contribution is 5.75. The van der Waals surface area contributed by atoms with Gasteiger partial charge < -0.3 is 14.7 Å². The summed E-state index contributed by atoms with van der Waals surface area (Å²) in [4.78, 5) is 28.6. The fraction of sp³-hybridized carbons (Fsp3) is 0.700. The monoisotopic (exact) mass is 234 g/mol. The molecule has 15 heavy (non-hydrogen) atoms. The fourth-order valence-corrected chi connectivity index (χ4v) is 0. The van der Waals surface area contributed by atoms with Gasteiger partial charge in [-0.05, 0) is 13.8 Å². The molecule has 0 rings (SSSR count). The first-order valence-electron chi connectivity index (χ1n) is 4.46. The third kappa shape index (κ3) is 154. The standard InChI is InChI=1S/2C4H8O.C2H4O2.Al.3H/c2*1-3-4(2)5;1-2(3)4;;;;/h2*3H2,1-2H3;1H3,(H,3,4);;;;. The van der Waals surface area contributed by atoms with Crippen molar-refractivity contribution in [2.75, 3.05) is 0 Å². The number of carboxylic acids is 1. The van der Waals surface area contributed by atoms with Gasteiger partial charge in [0.25, 0.3) is 5.97 Å². The molecule has 0 aromatic rings. The zero-order valence-electron chi connectivity index (χ0n) is 9.59. The first kappa shape index (κ1) is 23.9. The van der Waals surface area contributed by atoms with Gasteiger partial charge in [-0.15, -0.1) is 0 Å². The quantitative estimate of drug-likeness (QED) is 0.720. The zero-order valence-corrected chi connectivity index (χ0v) is 9.59. The number of hydrogen-bond donors (Lipinski definition) is 1. The number of carbonyl (C=O) groups excluding carboxylic acids is 2. The lowest BCUT2D eigenvalue weighted by atomic mass is 10.4. The van der Waals surface area contributed by atoms with E-state index in [0.29, 0.717) is 12.8 Å². The Kier molecular flexibility index (Phi) is 30.2. The van der Waals surface area contributed by atoms with Crippen molar-refractivity contribution < 1.29 is 19.5 Å². The summed E-state index contributed by atoms with van der Waals surface area (Å²) in [5.74, 6) is -0.324. The smallest absolute Gasteiger partial charge is 0.300 e. The molecule has 0 unspecified atom stereocenters. The summed E-state index contributed by atoms with van der Waals surface area (Å²) in [6.45, 7) is 7.95. The van der Waals surface area contributed by atoms with Crippen LogP contribution in [0.1, 0.15) is 47.5 Å². The predicted octanol–water partition coefficient (Wildman–Crippen LogP) is 0.878. The molecule has 0 aliphatic rings. The molecule has 0 radical (unpaired) electrons. The summed E-state index contributed by atoms with van der Waals surface area (Å²) in [7, 11) is 0. The third-order valence-corrected chi connectivity index (χ3v) is 0.996. The average Bonchev–Trinajstić information content (AvgIpc) is 2.04. The third-order valence-electron chi connectivity index (χ3n) is 0.996. The summed E-state index contributed by atoms with van der Waals surface area (Å²) in [5, 5.41) is 7.42. The molecule has 90 valence electrons. The first-order chi connectivity index (χ1) is 6.27. The number of carboxylic acid groups (broad SMARTS) is 1. The number of carbonyl (C=O) groups is 3. The van der Waals surface area contributed by atoms with Crippen LogP contribution in [-0.4, -0.2) is 40.0 Å². The number of Topliss-reactive ketones (excluding diaryl/α,β-unsaturated/α-hetero) is 2. The maximum atomic E-state index is 9.81. The number of ketones is 2. The lowest BCUT2D eigenvalue weighted by Gasteiger charge is -1.71. The van der Waals surface area contributed by atoms with Crippen molar-refractivity contribution >= 4 is 34.9 Å². The van der Waals surface area contributed by atoms with Gasteiger partial charge in [-0.3, -0.25) is 4.79 Å². The topological polar surface area (TPSA) is 71.4 Å². The van der Waals surface area contributed by atoms with Crippen molar-refractivity contribution in [3.63, 3.8) is 0 Å². The van der Waals surface area contributed by atoms with Crippen LogP contribution in [0.2, 0.25) is 0 Å². The van der Waals surface area contributed by atoms with Crippen molar-refractivity contribution in [1.29, 1.82) is 0 Å². The van der Waals surface area contributed by atoms with Gasteiger partial charge >= 0.3 is 0 Å². The first-order valence-corrected chi connectivity index (χ1v) is 4.46. The Bertz CT molecular complexity index is 160. The highest BCUT2D eigenvalue weighted by Gasteiger charge is 1.77. The molecule has 0 fully saturated rings. The Morgan fingerprint density at radius 1 is 0.867 bits per heavy atom. The second kappa shape index (κ2) is 19.0. The van der Waals surface area contributed by atoms with Gasteiger partial charge in [0, 0.05) is 19.8 Å². The molecule has 0 bridgehead atoms. The summed E-state index contributed by atoms with van der Waals surface area (Å²) in [5.41, 5.74) is 0. The molecule has 0 saturated heterocycles. The van der Waals surface area contributed by atoms with Crippen LogP contribution < -0.4 is 0 Å². The van der Waals surface area contributed by atoms with Gasteiger partial charge in [0.05, 0.1) is 0 Å². The molecule has 0 aliphatic heterocycles. The molecule has 4 nitrogen and oxygen atoms in total. The Morgan fingerprint density at radius 2 is 0.933 bits per heavy atom. The highest BCUT2D eigenvalue weighted by atomic mass is 27.0. The molecule has 0 aliphatic carbocycles. The Balaban J connectivity index is -0.0000000590. The molecular weight excluding hydrogens is 211 g/mol. The van der Waals surface area contributed by atoms with Crippen molar-refractivity contribution in [2.45, 2.75) is 47.5 Å². The van der Waals surface area contributed by atoms with Crippen LogP contribution in [0.25, 0.3) is 0 Å². The molecule has 0 heterocycles. The van der Waals surface area contributed by atoms with E-state index in [0.717, 1.165) is 6.92 Å². The normalized spacial score (nSPS) is 6.73. The van der Waals surface area contributed by atoms with Crippen LogP contribution in [0.4, 0.5) is 0 Å². The second-order valence-corrected chi connectivity index (χ2v) is 2.63. The molecule has 0 spiro atoms. The van der Waals surface area contributed by atoms with Gasteiger partial charge in [0.15, 0.2) is 17.4 Å². The van der Waals surface area contributed by atoms with Crippen LogP contribution in [0.5, 0.6) is 0 Å². The molecule has 5 heteroatoms. The van der Waals surface area contributed by atoms with E-state index in [9.17, 15) is 9.59 Å². The van der Waals surface area contributed by atoms with Crippen molar-refractivity contribution in [3.05, 3.63) is 0 Å². The Hall–Kier alpha value is -0.658. The van der Waals surface area contributed by atoms with Crippen molar-refractivity contribution in [2.24, 2.45) is 0 Å². The summed E-state index contributed by atoms with van der Waals surface area (Å²) < 4.78 is 0. The van der Waals surface area contributed by atoms with E-state index in [2.05, 4.69) is 0 Å². The number of aliphatic carboxylic acids is 1. The van der Waals surface area contributed by atoms with E-state index >= 15 is 0 Å². The SMILES string of the molecule is CC(=O)O.CCC(C)=O.CCC(C)=O.[AlH3]. The van der Waals surface area contributed by atoms with Gasteiger partial charge in [-0.25, -0.2) is 0 Å². The van der Waals surface area contributed by atoms with Gasteiger partial charge in [0.2, 0.25) is 0 Å². The predicted molar refractivity (Wildman–Crippen MR) is 65.2 cm³/mol. The Morgan fingerprint density at radius 3 is 0.933 bits per heavy atom. The zero-order chi connectivity index (χ0) is 12.1. The molecule has 0 saturated carbocycles. The minimum Gasteiger partial charge on any atom is -0.481 e. The van der Waals surface area contributed by atoms with Crippen LogP contribution in [0.15, 0.2) is 0 Å². The Labute approximate surface area is 102 Å². The molecule has 0 amide bonds. The fourth-order valence-electron chi connectivity index (χ4n) is 0. The molecule has 0 aromatic heterocycles. The van der Waals surface area contributed by atoms with E-state index in [1.54, 1.807) is 13.8 Å². The van der Waals surface area contributed by atoms with E-state index in [4.69, 9.17) is 9.90 Å². The van der Waals surface area contributed by atoms with Crippen LogP contribution >= 0.6 is 0 Å². The van der Waals surface area contributed by atoms with E-state index in [-0.39, 0.29) is 28.9 Å². The second-order valence-electron chi connectivity index (χ2n) is 2.63. The van der Waals surface area contributed by atoms with Crippen molar-refractivity contribution in [1.82, 2.24) is 0 Å². The van der Waals surface area contributed by atoms with Gasteiger partial charge in [0.1, 0.15) is 11.6 Å². The minimum atomic E-state index is -0.833. The molecule has 1 N–H and O–H groups in total. The maximum Gasteiger partial charge on any atom is 0.300 e. The molecular formula is C10H23AlO4. The summed E-state index contributed by atoms with van der Waals surface area (Å²) >= 11 is 0. The lowest BCUT2D eigenvalue weighted by Crippen LogP contribution is -1.80. The number of rotatable bonds is 2. The molecule has 0 aromatic carbocycles. The maximum absolute atomic E-state index is 9.81. The van der Waals surface area contributed by atoms with Crippen LogP contribution in [0.3, 0.4) is 0 Å². The van der Waals surface area contributed by atoms with E-state index in [1.807, 2.05) is 13.8 Å². The average molecular weight is 234 g/mol. The summed E-state index contributed by atoms with van der Waals surface area (Å²) in [6, 6.07) is 0. The minimum absolute atomic E-state index is 0. The molecule has 0 atom stereocenters. The lowest BCUT2D eigenvalue weighted by molar-refractivity contribution is -0.134. The number of hydrogen-bond acceptors (Lipinski definition) is 3. The van der Waals surface area contributed by atoms with Gasteiger partial charge in [-0.2, -0.15) is 0 Å². The van der Waals surface area contributed by atoms with E-state index < -0.39 is 5.97 Å². The van der Waals surface area contributed by atoms with Gasteiger partial charge in [-0.1, -0.05) is 13.8 Å². The largest absolute Gasteiger partial charge is 0.481 e. The van der Waals surface area contributed by atoms with Crippen molar-refractivity contribution in [3.8, 4) is 0 Å². The highest BCUT2D eigenvalue weighted by Crippen LogP contribution is 1.72. The van der Waals surface area contributed by atoms with E-state index in [1.165, 1.54) is 0 Å². The van der Waals surface area contributed by atoms with Crippen LogP contribution in [-0.2, 0) is 14.4 Å². The van der Waals surface area contributed by atoms with Crippen LogP contribution in [0, 0.1) is 0 Å². The summed E-state index contributed by atoms with van der Waals surface area (Å²) in [6.07, 6.45) is 1.33.